The average Bonchev–Trinajstić information content (AvgIpc) is 3.16. The summed E-state index contributed by atoms with van der Waals surface area (Å²) in [7, 11) is 0. The van der Waals surface area contributed by atoms with Gasteiger partial charge in [0.05, 0.1) is 6.04 Å². The summed E-state index contributed by atoms with van der Waals surface area (Å²) in [5.74, 6) is -0.341. The molecule has 2 heterocycles. The normalized spacial score (nSPS) is 18.6. The van der Waals surface area contributed by atoms with Crippen molar-refractivity contribution in [2.24, 2.45) is 0 Å². The Bertz CT molecular complexity index is 986. The fraction of sp³-hybridized carbons (Fsp3) is 0.238. The van der Waals surface area contributed by atoms with Crippen molar-refractivity contribution in [3.8, 4) is 0 Å². The van der Waals surface area contributed by atoms with Crippen molar-refractivity contribution in [2.75, 3.05) is 5.32 Å². The number of carbonyl (C=O) groups is 1. The molecule has 1 amide bonds. The first-order chi connectivity index (χ1) is 13.9. The third-order valence-corrected chi connectivity index (χ3v) is 4.92. The summed E-state index contributed by atoms with van der Waals surface area (Å²) in [6.07, 6.45) is -4.68. The number of carbonyl (C=O) groups excluding carboxylic acids is 1. The first-order valence-electron chi connectivity index (χ1n) is 9.21. The minimum Gasteiger partial charge on any atom is -0.363 e. The molecule has 0 bridgehead atoms. The molecule has 1 aliphatic rings. The van der Waals surface area contributed by atoms with Crippen molar-refractivity contribution in [2.45, 2.75) is 31.2 Å². The second-order valence-electron chi connectivity index (χ2n) is 6.93. The van der Waals surface area contributed by atoms with Crippen LogP contribution in [0.2, 0.25) is 0 Å². The second-order valence-corrected chi connectivity index (χ2v) is 6.93. The Labute approximate surface area is 165 Å². The summed E-state index contributed by atoms with van der Waals surface area (Å²) in [5, 5.41) is 9.74. The Morgan fingerprint density at radius 2 is 1.76 bits per heavy atom. The molecule has 0 fully saturated rings. The van der Waals surface area contributed by atoms with Crippen LogP contribution in [0.4, 0.5) is 19.0 Å². The van der Waals surface area contributed by atoms with Gasteiger partial charge in [-0.2, -0.15) is 18.3 Å². The van der Waals surface area contributed by atoms with Crippen LogP contribution in [0, 0.1) is 0 Å². The van der Waals surface area contributed by atoms with Crippen LogP contribution in [0.5, 0.6) is 0 Å². The van der Waals surface area contributed by atoms with E-state index in [1.165, 1.54) is 6.07 Å². The molecule has 2 N–H and O–H groups in total. The summed E-state index contributed by atoms with van der Waals surface area (Å²) in [6, 6.07) is 17.2. The molecule has 8 heteroatoms. The van der Waals surface area contributed by atoms with Gasteiger partial charge in [-0.15, -0.1) is 0 Å². The number of amides is 1. The highest BCUT2D eigenvalue weighted by Crippen LogP contribution is 2.43. The molecule has 3 aromatic rings. The van der Waals surface area contributed by atoms with Gasteiger partial charge in [0.25, 0.3) is 5.91 Å². The van der Waals surface area contributed by atoms with Crippen molar-refractivity contribution in [1.29, 1.82) is 0 Å². The molecule has 4 rings (SSSR count). The van der Waals surface area contributed by atoms with Gasteiger partial charge in [-0.1, -0.05) is 60.7 Å². The molecule has 0 aliphatic carbocycles. The highest BCUT2D eigenvalue weighted by atomic mass is 19.4. The monoisotopic (exact) mass is 400 g/mol. The average molecular weight is 400 g/mol. The molecule has 0 saturated heterocycles. The van der Waals surface area contributed by atoms with Gasteiger partial charge < -0.3 is 10.6 Å². The fourth-order valence-corrected chi connectivity index (χ4v) is 3.46. The van der Waals surface area contributed by atoms with Crippen LogP contribution < -0.4 is 10.6 Å². The quantitative estimate of drug-likeness (QED) is 0.679. The van der Waals surface area contributed by atoms with Gasteiger partial charge >= 0.3 is 6.18 Å². The summed E-state index contributed by atoms with van der Waals surface area (Å²) in [6.45, 7) is 0.268. The molecule has 0 spiro atoms. The van der Waals surface area contributed by atoms with Gasteiger partial charge in [0.2, 0.25) is 0 Å². The standard InChI is InChI=1S/C21H19F3N4O/c22-21(23,24)18-11-16(15-9-5-2-6-10-15)26-19-12-17(27-28(18)19)20(29)25-13-14-7-3-1-4-8-14/h1-10,12,16,18,26H,11,13H2,(H,25,29)/t16-,18+/m0/s1. The number of hydrogen-bond acceptors (Lipinski definition) is 3. The summed E-state index contributed by atoms with van der Waals surface area (Å²) in [4.78, 5) is 12.4. The third kappa shape index (κ3) is 4.11. The molecule has 5 nitrogen and oxygen atoms in total. The van der Waals surface area contributed by atoms with Crippen LogP contribution in [0.3, 0.4) is 0 Å². The van der Waals surface area contributed by atoms with E-state index >= 15 is 0 Å². The van der Waals surface area contributed by atoms with E-state index in [1.54, 1.807) is 24.3 Å². The van der Waals surface area contributed by atoms with E-state index in [2.05, 4.69) is 15.7 Å². The Morgan fingerprint density at radius 3 is 2.41 bits per heavy atom. The molecule has 2 atom stereocenters. The lowest BCUT2D eigenvalue weighted by Crippen LogP contribution is -2.35. The predicted molar refractivity (Wildman–Crippen MR) is 102 cm³/mol. The maximum absolute atomic E-state index is 13.7. The zero-order chi connectivity index (χ0) is 20.4. The van der Waals surface area contributed by atoms with Crippen molar-refractivity contribution >= 4 is 11.7 Å². The molecule has 1 aromatic heterocycles. The lowest BCUT2D eigenvalue weighted by Gasteiger charge is -2.33. The lowest BCUT2D eigenvalue weighted by atomic mass is 9.97. The van der Waals surface area contributed by atoms with E-state index in [0.717, 1.165) is 15.8 Å². The molecular formula is C21H19F3N4O. The number of nitrogens with zero attached hydrogens (tertiary/aromatic N) is 2. The zero-order valence-corrected chi connectivity index (χ0v) is 15.4. The topological polar surface area (TPSA) is 59.0 Å². The second kappa shape index (κ2) is 7.62. The smallest absolute Gasteiger partial charge is 0.363 e. The Kier molecular flexibility index (Phi) is 5.00. The number of halogens is 3. The van der Waals surface area contributed by atoms with Crippen molar-refractivity contribution in [3.05, 3.63) is 83.6 Å². The van der Waals surface area contributed by atoms with Crippen LogP contribution in [-0.2, 0) is 6.54 Å². The van der Waals surface area contributed by atoms with E-state index in [4.69, 9.17) is 0 Å². The molecular weight excluding hydrogens is 381 g/mol. The van der Waals surface area contributed by atoms with Crippen LogP contribution >= 0.6 is 0 Å². The number of aromatic nitrogens is 2. The maximum Gasteiger partial charge on any atom is 0.410 e. The molecule has 0 saturated carbocycles. The van der Waals surface area contributed by atoms with Crippen LogP contribution in [0.15, 0.2) is 66.7 Å². The van der Waals surface area contributed by atoms with E-state index in [-0.39, 0.29) is 24.5 Å². The highest BCUT2D eigenvalue weighted by molar-refractivity contribution is 5.93. The van der Waals surface area contributed by atoms with Gasteiger partial charge in [0.1, 0.15) is 5.82 Å². The van der Waals surface area contributed by atoms with Gasteiger partial charge in [-0.05, 0) is 11.1 Å². The van der Waals surface area contributed by atoms with E-state index < -0.39 is 24.2 Å². The van der Waals surface area contributed by atoms with Gasteiger partial charge in [0, 0.05) is 19.0 Å². The van der Waals surface area contributed by atoms with Crippen LogP contribution in [0.1, 0.15) is 40.1 Å². The molecule has 1 aliphatic heterocycles. The summed E-state index contributed by atoms with van der Waals surface area (Å²) < 4.78 is 42.0. The van der Waals surface area contributed by atoms with Crippen LogP contribution in [0.25, 0.3) is 0 Å². The number of fused-ring (bicyclic) bond motifs is 1. The van der Waals surface area contributed by atoms with E-state index in [0.29, 0.717) is 0 Å². The lowest BCUT2D eigenvalue weighted by molar-refractivity contribution is -0.173. The SMILES string of the molecule is O=C(NCc1ccccc1)c1cc2n(n1)[C@@H](C(F)(F)F)C[C@@H](c1ccccc1)N2. The Morgan fingerprint density at radius 1 is 1.10 bits per heavy atom. The number of hydrogen-bond donors (Lipinski definition) is 2. The molecule has 2 aromatic carbocycles. The summed E-state index contributed by atoms with van der Waals surface area (Å²) in [5.41, 5.74) is 1.59. The molecule has 29 heavy (non-hydrogen) atoms. The molecule has 0 radical (unpaired) electrons. The number of anilines is 1. The van der Waals surface area contributed by atoms with Crippen molar-refractivity contribution in [1.82, 2.24) is 15.1 Å². The van der Waals surface area contributed by atoms with Gasteiger partial charge in [-0.3, -0.25) is 4.79 Å². The van der Waals surface area contributed by atoms with Crippen molar-refractivity contribution in [3.63, 3.8) is 0 Å². The third-order valence-electron chi connectivity index (χ3n) is 4.92. The summed E-state index contributed by atoms with van der Waals surface area (Å²) >= 11 is 0. The van der Waals surface area contributed by atoms with E-state index in [9.17, 15) is 18.0 Å². The molecule has 150 valence electrons. The van der Waals surface area contributed by atoms with Gasteiger partial charge in [-0.25, -0.2) is 4.68 Å². The zero-order valence-electron chi connectivity index (χ0n) is 15.4. The Hall–Kier alpha value is -3.29. The number of benzene rings is 2. The number of rotatable bonds is 4. The fourth-order valence-electron chi connectivity index (χ4n) is 3.46. The van der Waals surface area contributed by atoms with E-state index in [1.807, 2.05) is 36.4 Å². The number of alkyl halides is 3. The van der Waals surface area contributed by atoms with Crippen molar-refractivity contribution < 1.29 is 18.0 Å². The minimum atomic E-state index is -4.48. The predicted octanol–water partition coefficient (Wildman–Crippen LogP) is 4.47. The first-order valence-corrected chi connectivity index (χ1v) is 9.21. The highest BCUT2D eigenvalue weighted by Gasteiger charge is 2.46. The maximum atomic E-state index is 13.7. The van der Waals surface area contributed by atoms with Gasteiger partial charge in [0.15, 0.2) is 11.7 Å². The first kappa shape index (κ1) is 19.0. The van der Waals surface area contributed by atoms with Crippen LogP contribution in [-0.4, -0.2) is 21.9 Å². The number of nitrogens with one attached hydrogen (secondary N) is 2. The molecule has 0 unspecified atom stereocenters. The Balaban J connectivity index is 1.58. The minimum absolute atomic E-state index is 0.0496. The largest absolute Gasteiger partial charge is 0.410 e.